The normalized spacial score (nSPS) is 9.71. The molecule has 0 spiro atoms. The van der Waals surface area contributed by atoms with Crippen molar-refractivity contribution in [2.45, 2.75) is 0 Å². The molecule has 1 N–H and O–H groups in total. The maximum absolute atomic E-state index is 13.0. The third kappa shape index (κ3) is 1.36. The maximum Gasteiger partial charge on any atom is 0.140 e. The molecular formula is C10H6FN3. The Hall–Kier alpha value is -2.15. The van der Waals surface area contributed by atoms with Crippen molar-refractivity contribution in [2.24, 2.45) is 0 Å². The van der Waals surface area contributed by atoms with Crippen LogP contribution in [0.25, 0.3) is 11.3 Å². The van der Waals surface area contributed by atoms with Crippen molar-refractivity contribution in [3.63, 3.8) is 0 Å². The number of nitrogens with zero attached hydrogens (tertiary/aromatic N) is 2. The molecule has 1 heterocycles. The van der Waals surface area contributed by atoms with E-state index in [1.54, 1.807) is 18.3 Å². The number of nitriles is 1. The van der Waals surface area contributed by atoms with Crippen LogP contribution < -0.4 is 0 Å². The summed E-state index contributed by atoms with van der Waals surface area (Å²) in [6, 6.07) is 6.15. The molecule has 0 saturated carbocycles. The van der Waals surface area contributed by atoms with E-state index in [4.69, 9.17) is 5.26 Å². The zero-order chi connectivity index (χ0) is 9.97. The van der Waals surface area contributed by atoms with Gasteiger partial charge >= 0.3 is 0 Å². The Bertz CT molecular complexity index is 483. The molecule has 2 aromatic rings. The van der Waals surface area contributed by atoms with Crippen LogP contribution in [0, 0.1) is 17.1 Å². The molecule has 0 amide bonds. The summed E-state index contributed by atoms with van der Waals surface area (Å²) in [6.07, 6.45) is 3.15. The van der Waals surface area contributed by atoms with Crippen LogP contribution in [-0.2, 0) is 0 Å². The van der Waals surface area contributed by atoms with Gasteiger partial charge in [0.05, 0.1) is 23.8 Å². The van der Waals surface area contributed by atoms with E-state index in [1.165, 1.54) is 18.5 Å². The van der Waals surface area contributed by atoms with Crippen LogP contribution >= 0.6 is 0 Å². The van der Waals surface area contributed by atoms with Gasteiger partial charge in [-0.3, -0.25) is 0 Å². The van der Waals surface area contributed by atoms with Crippen LogP contribution in [0.3, 0.4) is 0 Å². The lowest BCUT2D eigenvalue weighted by Gasteiger charge is -1.98. The van der Waals surface area contributed by atoms with Gasteiger partial charge in [0.15, 0.2) is 0 Å². The lowest BCUT2D eigenvalue weighted by molar-refractivity contribution is 0.624. The summed E-state index contributed by atoms with van der Waals surface area (Å²) in [6.45, 7) is 0. The van der Waals surface area contributed by atoms with Crippen LogP contribution in [0.15, 0.2) is 30.7 Å². The minimum Gasteiger partial charge on any atom is -0.345 e. The number of aromatic nitrogens is 2. The smallest absolute Gasteiger partial charge is 0.140 e. The van der Waals surface area contributed by atoms with Gasteiger partial charge in [0.1, 0.15) is 11.9 Å². The van der Waals surface area contributed by atoms with Gasteiger partial charge < -0.3 is 4.98 Å². The van der Waals surface area contributed by atoms with Gasteiger partial charge in [-0.25, -0.2) is 9.37 Å². The SMILES string of the molecule is N#Cc1cc(-c2cnc[nH]2)ccc1F. The Balaban J connectivity index is 2.53. The van der Waals surface area contributed by atoms with Crippen molar-refractivity contribution in [3.8, 4) is 17.3 Å². The fourth-order valence-electron chi connectivity index (χ4n) is 1.19. The van der Waals surface area contributed by atoms with E-state index in [2.05, 4.69) is 9.97 Å². The zero-order valence-electron chi connectivity index (χ0n) is 7.16. The molecule has 68 valence electrons. The predicted octanol–water partition coefficient (Wildman–Crippen LogP) is 2.09. The average molecular weight is 187 g/mol. The molecular weight excluding hydrogens is 181 g/mol. The van der Waals surface area contributed by atoms with Crippen molar-refractivity contribution in [2.75, 3.05) is 0 Å². The lowest BCUT2D eigenvalue weighted by atomic mass is 10.1. The summed E-state index contributed by atoms with van der Waals surface area (Å²) in [5.41, 5.74) is 1.55. The van der Waals surface area contributed by atoms with E-state index in [-0.39, 0.29) is 5.56 Å². The number of H-pyrrole nitrogens is 1. The first-order valence-corrected chi connectivity index (χ1v) is 3.99. The molecule has 1 aromatic heterocycles. The topological polar surface area (TPSA) is 52.5 Å². The minimum absolute atomic E-state index is 0.0390. The number of hydrogen-bond acceptors (Lipinski definition) is 2. The van der Waals surface area contributed by atoms with Gasteiger partial charge in [-0.05, 0) is 18.2 Å². The largest absolute Gasteiger partial charge is 0.345 e. The van der Waals surface area contributed by atoms with Crippen LogP contribution in [0.2, 0.25) is 0 Å². The van der Waals surface area contributed by atoms with Gasteiger partial charge in [0.2, 0.25) is 0 Å². The number of halogens is 1. The van der Waals surface area contributed by atoms with E-state index in [0.29, 0.717) is 0 Å². The summed E-state index contributed by atoms with van der Waals surface area (Å²) < 4.78 is 13.0. The summed E-state index contributed by atoms with van der Waals surface area (Å²) in [4.78, 5) is 6.73. The Morgan fingerprint density at radius 1 is 1.43 bits per heavy atom. The first kappa shape index (κ1) is 8.45. The van der Waals surface area contributed by atoms with Crippen LogP contribution in [-0.4, -0.2) is 9.97 Å². The first-order chi connectivity index (χ1) is 6.81. The van der Waals surface area contributed by atoms with Crippen molar-refractivity contribution >= 4 is 0 Å². The number of rotatable bonds is 1. The molecule has 0 bridgehead atoms. The highest BCUT2D eigenvalue weighted by molar-refractivity contribution is 5.60. The Labute approximate surface area is 79.8 Å². The second kappa shape index (κ2) is 3.30. The first-order valence-electron chi connectivity index (χ1n) is 3.99. The quantitative estimate of drug-likeness (QED) is 0.743. The average Bonchev–Trinajstić information content (AvgIpc) is 2.71. The molecule has 0 unspecified atom stereocenters. The molecule has 2 rings (SSSR count). The highest BCUT2D eigenvalue weighted by Gasteiger charge is 2.04. The third-order valence-electron chi connectivity index (χ3n) is 1.90. The Morgan fingerprint density at radius 2 is 2.29 bits per heavy atom. The minimum atomic E-state index is -0.504. The van der Waals surface area contributed by atoms with Crippen molar-refractivity contribution in [1.82, 2.24) is 9.97 Å². The molecule has 0 saturated heterocycles. The van der Waals surface area contributed by atoms with E-state index >= 15 is 0 Å². The van der Waals surface area contributed by atoms with E-state index in [9.17, 15) is 4.39 Å². The van der Waals surface area contributed by atoms with Gasteiger partial charge in [0, 0.05) is 5.56 Å². The molecule has 1 aromatic carbocycles. The van der Waals surface area contributed by atoms with E-state index in [0.717, 1.165) is 11.3 Å². The molecule has 4 heteroatoms. The fourth-order valence-corrected chi connectivity index (χ4v) is 1.19. The standard InChI is InChI=1S/C10H6FN3/c11-9-2-1-7(3-8(9)4-12)10-5-13-6-14-10/h1-3,5-6H,(H,13,14). The van der Waals surface area contributed by atoms with Gasteiger partial charge in [-0.15, -0.1) is 0 Å². The van der Waals surface area contributed by atoms with Gasteiger partial charge in [-0.1, -0.05) is 0 Å². The molecule has 0 aliphatic heterocycles. The van der Waals surface area contributed by atoms with Crippen molar-refractivity contribution in [3.05, 3.63) is 42.1 Å². The highest BCUT2D eigenvalue weighted by Crippen LogP contribution is 2.18. The van der Waals surface area contributed by atoms with Gasteiger partial charge in [0.25, 0.3) is 0 Å². The van der Waals surface area contributed by atoms with E-state index < -0.39 is 5.82 Å². The van der Waals surface area contributed by atoms with Gasteiger partial charge in [-0.2, -0.15) is 5.26 Å². The highest BCUT2D eigenvalue weighted by atomic mass is 19.1. The molecule has 0 aliphatic carbocycles. The van der Waals surface area contributed by atoms with Crippen LogP contribution in [0.1, 0.15) is 5.56 Å². The number of aromatic amines is 1. The summed E-state index contributed by atoms with van der Waals surface area (Å²) in [5.74, 6) is -0.504. The third-order valence-corrected chi connectivity index (χ3v) is 1.90. The van der Waals surface area contributed by atoms with Crippen LogP contribution in [0.5, 0.6) is 0 Å². The van der Waals surface area contributed by atoms with E-state index in [1.807, 2.05) is 0 Å². The van der Waals surface area contributed by atoms with Crippen LogP contribution in [0.4, 0.5) is 4.39 Å². The number of imidazole rings is 1. The number of nitrogens with one attached hydrogen (secondary N) is 1. The monoisotopic (exact) mass is 187 g/mol. The Morgan fingerprint density at radius 3 is 2.93 bits per heavy atom. The second-order valence-electron chi connectivity index (χ2n) is 2.77. The lowest BCUT2D eigenvalue weighted by Crippen LogP contribution is -1.85. The molecule has 0 atom stereocenters. The molecule has 0 radical (unpaired) electrons. The summed E-state index contributed by atoms with van der Waals surface area (Å²) in [5, 5.41) is 8.62. The Kier molecular flexibility index (Phi) is 1.99. The zero-order valence-corrected chi connectivity index (χ0v) is 7.16. The molecule has 14 heavy (non-hydrogen) atoms. The summed E-state index contributed by atoms with van der Waals surface area (Å²) in [7, 11) is 0. The predicted molar refractivity (Wildman–Crippen MR) is 48.7 cm³/mol. The number of hydrogen-bond donors (Lipinski definition) is 1. The fraction of sp³-hybridized carbons (Fsp3) is 0. The number of benzene rings is 1. The maximum atomic E-state index is 13.0. The van der Waals surface area contributed by atoms with Crippen molar-refractivity contribution < 1.29 is 4.39 Å². The summed E-state index contributed by atoms with van der Waals surface area (Å²) >= 11 is 0. The van der Waals surface area contributed by atoms with Crippen molar-refractivity contribution in [1.29, 1.82) is 5.26 Å². The molecule has 0 fully saturated rings. The second-order valence-corrected chi connectivity index (χ2v) is 2.77. The molecule has 0 aliphatic rings. The molecule has 3 nitrogen and oxygen atoms in total.